The lowest BCUT2D eigenvalue weighted by molar-refractivity contribution is 1.38. The van der Waals surface area contributed by atoms with Crippen LogP contribution in [0.4, 0.5) is 0 Å². The third-order valence-electron chi connectivity index (χ3n) is 1.27. The monoisotopic (exact) mass is 203 g/mol. The lowest BCUT2D eigenvalue weighted by atomic mass is 10.2. The fraction of sp³-hybridized carbons (Fsp3) is 0.125. The van der Waals surface area contributed by atoms with Gasteiger partial charge in [-0.2, -0.15) is 0 Å². The van der Waals surface area contributed by atoms with Crippen LogP contribution in [0.15, 0.2) is 18.2 Å². The summed E-state index contributed by atoms with van der Waals surface area (Å²) < 4.78 is 0. The average molecular weight is 204 g/mol. The minimum Gasteiger partial charge on any atom is -0.0843 e. The van der Waals surface area contributed by atoms with Gasteiger partial charge in [0.05, 0.1) is 0 Å². The number of rotatable bonds is 2. The highest BCUT2D eigenvalue weighted by atomic mass is 35.5. The summed E-state index contributed by atoms with van der Waals surface area (Å²) in [6.45, 7) is 0. The third-order valence-corrected chi connectivity index (χ3v) is 2.02. The molecule has 0 nitrogen and oxygen atoms in total. The maximum absolute atomic E-state index is 5.83. The Kier molecular flexibility index (Phi) is 3.31. The SMILES string of the molecule is S=[C]Cc1cc(Cl)ccc1Cl. The van der Waals surface area contributed by atoms with Crippen molar-refractivity contribution < 1.29 is 0 Å². The van der Waals surface area contributed by atoms with E-state index >= 15 is 0 Å². The molecule has 0 bridgehead atoms. The third kappa shape index (κ3) is 2.44. The first-order valence-corrected chi connectivity index (χ1v) is 4.19. The van der Waals surface area contributed by atoms with E-state index in [0.717, 1.165) is 5.56 Å². The van der Waals surface area contributed by atoms with E-state index < -0.39 is 0 Å². The quantitative estimate of drug-likeness (QED) is 0.665. The molecule has 0 unspecified atom stereocenters. The molecule has 0 fully saturated rings. The van der Waals surface area contributed by atoms with E-state index in [-0.39, 0.29) is 0 Å². The Hall–Kier alpha value is -0.110. The molecular formula is C8H5Cl2S. The van der Waals surface area contributed by atoms with Gasteiger partial charge < -0.3 is 0 Å². The van der Waals surface area contributed by atoms with Gasteiger partial charge in [-0.1, -0.05) is 35.4 Å². The van der Waals surface area contributed by atoms with Gasteiger partial charge in [0.15, 0.2) is 0 Å². The molecule has 0 heterocycles. The zero-order valence-electron chi connectivity index (χ0n) is 5.60. The summed E-state index contributed by atoms with van der Waals surface area (Å²) in [5.41, 5.74) is 0.925. The van der Waals surface area contributed by atoms with Crippen LogP contribution in [-0.4, -0.2) is 5.37 Å². The summed E-state index contributed by atoms with van der Waals surface area (Å²) in [6, 6.07) is 5.30. The molecule has 3 heteroatoms. The van der Waals surface area contributed by atoms with Crippen LogP contribution in [0.1, 0.15) is 5.56 Å². The van der Waals surface area contributed by atoms with Crippen molar-refractivity contribution >= 4 is 40.8 Å². The molecule has 0 saturated carbocycles. The fourth-order valence-electron chi connectivity index (χ4n) is 0.757. The summed E-state index contributed by atoms with van der Waals surface area (Å²) in [7, 11) is 0. The first-order chi connectivity index (χ1) is 5.24. The molecule has 1 aromatic carbocycles. The van der Waals surface area contributed by atoms with Gasteiger partial charge in [0.2, 0.25) is 0 Å². The van der Waals surface area contributed by atoms with Crippen molar-refractivity contribution in [3.8, 4) is 0 Å². The lowest BCUT2D eigenvalue weighted by Crippen LogP contribution is -1.85. The molecule has 57 valence electrons. The standard InChI is InChI=1S/C8H5Cl2S/c9-7-1-2-8(10)6(5-7)3-4-11/h1-2,5H,3H2. The van der Waals surface area contributed by atoms with Gasteiger partial charge in [-0.3, -0.25) is 0 Å². The molecule has 0 atom stereocenters. The van der Waals surface area contributed by atoms with Gasteiger partial charge in [0, 0.05) is 21.8 Å². The fourth-order valence-corrected chi connectivity index (χ4v) is 1.29. The minimum atomic E-state index is 0.564. The van der Waals surface area contributed by atoms with Crippen molar-refractivity contribution in [3.05, 3.63) is 33.8 Å². The van der Waals surface area contributed by atoms with E-state index in [1.165, 1.54) is 0 Å². The molecule has 1 aromatic rings. The summed E-state index contributed by atoms with van der Waals surface area (Å²) in [5.74, 6) is 0. The van der Waals surface area contributed by atoms with E-state index in [9.17, 15) is 0 Å². The van der Waals surface area contributed by atoms with Crippen LogP contribution in [0.3, 0.4) is 0 Å². The van der Waals surface area contributed by atoms with Crippen LogP contribution in [0, 0.1) is 0 Å². The zero-order valence-corrected chi connectivity index (χ0v) is 7.93. The second kappa shape index (κ2) is 4.05. The van der Waals surface area contributed by atoms with Crippen LogP contribution in [0.5, 0.6) is 0 Å². The predicted molar refractivity (Wildman–Crippen MR) is 52.8 cm³/mol. The molecule has 0 aliphatic heterocycles. The van der Waals surface area contributed by atoms with Crippen molar-refractivity contribution in [2.24, 2.45) is 0 Å². The molecule has 0 N–H and O–H groups in total. The van der Waals surface area contributed by atoms with Gasteiger partial charge >= 0.3 is 0 Å². The summed E-state index contributed by atoms with van der Waals surface area (Å²) in [4.78, 5) is 0. The summed E-state index contributed by atoms with van der Waals surface area (Å²) in [6.07, 6.45) is 0.564. The second-order valence-corrected chi connectivity index (χ2v) is 3.19. The Morgan fingerprint density at radius 1 is 1.36 bits per heavy atom. The molecule has 0 spiro atoms. The molecule has 0 saturated heterocycles. The topological polar surface area (TPSA) is 0 Å². The Morgan fingerprint density at radius 3 is 2.73 bits per heavy atom. The van der Waals surface area contributed by atoms with Crippen LogP contribution in [0.25, 0.3) is 0 Å². The Balaban J connectivity index is 3.01. The predicted octanol–water partition coefficient (Wildman–Crippen LogP) is 3.41. The summed E-state index contributed by atoms with van der Waals surface area (Å²) in [5, 5.41) is 3.95. The number of hydrogen-bond acceptors (Lipinski definition) is 1. The van der Waals surface area contributed by atoms with Gasteiger partial charge in [0.25, 0.3) is 0 Å². The van der Waals surface area contributed by atoms with Crippen LogP contribution >= 0.6 is 35.4 Å². The highest BCUT2D eigenvalue weighted by Gasteiger charge is 1.98. The van der Waals surface area contributed by atoms with Gasteiger partial charge in [-0.15, -0.1) is 0 Å². The highest BCUT2D eigenvalue weighted by Crippen LogP contribution is 2.20. The number of benzene rings is 1. The van der Waals surface area contributed by atoms with Crippen LogP contribution in [0.2, 0.25) is 10.0 Å². The van der Waals surface area contributed by atoms with Crippen molar-refractivity contribution in [2.45, 2.75) is 6.42 Å². The number of hydrogen-bond donors (Lipinski definition) is 0. The maximum atomic E-state index is 5.83. The molecule has 11 heavy (non-hydrogen) atoms. The lowest BCUT2D eigenvalue weighted by Gasteiger charge is -1.99. The van der Waals surface area contributed by atoms with E-state index in [4.69, 9.17) is 23.2 Å². The molecule has 0 amide bonds. The average Bonchev–Trinajstić information content (AvgIpc) is 1.98. The molecule has 0 aliphatic rings. The summed E-state index contributed by atoms with van der Waals surface area (Å²) >= 11 is 16.1. The Morgan fingerprint density at radius 2 is 2.09 bits per heavy atom. The highest BCUT2D eigenvalue weighted by molar-refractivity contribution is 7.78. The van der Waals surface area contributed by atoms with Crippen LogP contribution < -0.4 is 0 Å². The second-order valence-electron chi connectivity index (χ2n) is 2.06. The van der Waals surface area contributed by atoms with Crippen molar-refractivity contribution in [1.82, 2.24) is 0 Å². The van der Waals surface area contributed by atoms with E-state index in [1.54, 1.807) is 18.2 Å². The van der Waals surface area contributed by atoms with E-state index in [0.29, 0.717) is 16.5 Å². The molecule has 1 rings (SSSR count). The first kappa shape index (κ1) is 8.98. The van der Waals surface area contributed by atoms with Gasteiger partial charge in [-0.05, 0) is 23.8 Å². The largest absolute Gasteiger partial charge is 0.0843 e. The maximum Gasteiger partial charge on any atom is 0.0442 e. The van der Waals surface area contributed by atoms with Crippen molar-refractivity contribution in [1.29, 1.82) is 0 Å². The minimum absolute atomic E-state index is 0.564. The molecule has 0 aromatic heterocycles. The van der Waals surface area contributed by atoms with Gasteiger partial charge in [0.1, 0.15) is 0 Å². The zero-order chi connectivity index (χ0) is 8.27. The Labute approximate surface area is 81.1 Å². The normalized spacial score (nSPS) is 9.64. The first-order valence-electron chi connectivity index (χ1n) is 3.03. The number of thiocarbonyl (C=S) groups is 1. The Bertz CT molecular complexity index is 271. The van der Waals surface area contributed by atoms with Crippen LogP contribution in [-0.2, 0) is 6.42 Å². The van der Waals surface area contributed by atoms with E-state index in [2.05, 4.69) is 17.6 Å². The van der Waals surface area contributed by atoms with E-state index in [1.807, 2.05) is 0 Å². The van der Waals surface area contributed by atoms with Crippen molar-refractivity contribution in [2.75, 3.05) is 0 Å². The molecule has 0 aliphatic carbocycles. The molecule has 1 radical (unpaired) electrons. The smallest absolute Gasteiger partial charge is 0.0442 e. The van der Waals surface area contributed by atoms with Gasteiger partial charge in [-0.25, -0.2) is 0 Å². The number of halogens is 2. The van der Waals surface area contributed by atoms with Crippen molar-refractivity contribution in [3.63, 3.8) is 0 Å². The molecular weight excluding hydrogens is 199 g/mol.